The Morgan fingerprint density at radius 1 is 1.32 bits per heavy atom. The van der Waals surface area contributed by atoms with Crippen LogP contribution in [0.15, 0.2) is 18.2 Å². The van der Waals surface area contributed by atoms with E-state index >= 15 is 0 Å². The standard InChI is InChI=1S/C14H22N2O3/c1-10(2)9-16(14(17)8-15)12-7-11(18-3)5-6-13(12)19-4/h5-7,10H,8-9,15H2,1-4H3. The Morgan fingerprint density at radius 3 is 2.47 bits per heavy atom. The molecular weight excluding hydrogens is 244 g/mol. The fourth-order valence-electron chi connectivity index (χ4n) is 1.82. The summed E-state index contributed by atoms with van der Waals surface area (Å²) in [5.74, 6) is 1.49. The van der Waals surface area contributed by atoms with Crippen LogP contribution in [-0.4, -0.2) is 33.2 Å². The zero-order chi connectivity index (χ0) is 14.4. The molecule has 1 aromatic rings. The van der Waals surface area contributed by atoms with Gasteiger partial charge in [-0.05, 0) is 18.1 Å². The molecule has 0 aliphatic carbocycles. The van der Waals surface area contributed by atoms with Crippen LogP contribution < -0.4 is 20.1 Å². The van der Waals surface area contributed by atoms with Crippen LogP contribution in [0.25, 0.3) is 0 Å². The van der Waals surface area contributed by atoms with Crippen molar-refractivity contribution in [2.24, 2.45) is 11.7 Å². The summed E-state index contributed by atoms with van der Waals surface area (Å²) in [6.07, 6.45) is 0. The summed E-state index contributed by atoms with van der Waals surface area (Å²) < 4.78 is 10.5. The van der Waals surface area contributed by atoms with Gasteiger partial charge < -0.3 is 20.1 Å². The lowest BCUT2D eigenvalue weighted by molar-refractivity contribution is -0.117. The molecule has 0 spiro atoms. The normalized spacial score (nSPS) is 10.4. The maximum absolute atomic E-state index is 12.0. The molecule has 1 amide bonds. The number of benzene rings is 1. The summed E-state index contributed by atoms with van der Waals surface area (Å²) in [5.41, 5.74) is 6.17. The highest BCUT2D eigenvalue weighted by Gasteiger charge is 2.20. The Balaban J connectivity index is 3.22. The molecular formula is C14H22N2O3. The first kappa shape index (κ1) is 15.3. The maximum atomic E-state index is 12.0. The van der Waals surface area contributed by atoms with Crippen LogP contribution in [-0.2, 0) is 4.79 Å². The van der Waals surface area contributed by atoms with Gasteiger partial charge in [-0.1, -0.05) is 13.8 Å². The van der Waals surface area contributed by atoms with Gasteiger partial charge >= 0.3 is 0 Å². The van der Waals surface area contributed by atoms with E-state index in [1.54, 1.807) is 37.3 Å². The van der Waals surface area contributed by atoms with Crippen LogP contribution in [0.2, 0.25) is 0 Å². The molecule has 0 saturated heterocycles. The van der Waals surface area contributed by atoms with Crippen molar-refractivity contribution in [3.63, 3.8) is 0 Å². The first-order valence-corrected chi connectivity index (χ1v) is 6.26. The van der Waals surface area contributed by atoms with Crippen molar-refractivity contribution in [3.05, 3.63) is 18.2 Å². The third-order valence-electron chi connectivity index (χ3n) is 2.70. The molecule has 0 radical (unpaired) electrons. The molecule has 0 aliphatic heterocycles. The SMILES string of the molecule is COc1ccc(OC)c(N(CC(C)C)C(=O)CN)c1. The van der Waals surface area contributed by atoms with Crippen molar-refractivity contribution in [3.8, 4) is 11.5 Å². The van der Waals surface area contributed by atoms with Gasteiger partial charge in [-0.3, -0.25) is 4.79 Å². The lowest BCUT2D eigenvalue weighted by Gasteiger charge is -2.26. The summed E-state index contributed by atoms with van der Waals surface area (Å²) in [5, 5.41) is 0. The number of nitrogens with zero attached hydrogens (tertiary/aromatic N) is 1. The van der Waals surface area contributed by atoms with Gasteiger partial charge in [-0.2, -0.15) is 0 Å². The van der Waals surface area contributed by atoms with E-state index in [0.29, 0.717) is 29.6 Å². The topological polar surface area (TPSA) is 64.8 Å². The largest absolute Gasteiger partial charge is 0.497 e. The van der Waals surface area contributed by atoms with Gasteiger partial charge in [0.2, 0.25) is 5.91 Å². The number of methoxy groups -OCH3 is 2. The Hall–Kier alpha value is -1.75. The molecule has 2 N–H and O–H groups in total. The predicted octanol–water partition coefficient (Wildman–Crippen LogP) is 1.65. The maximum Gasteiger partial charge on any atom is 0.240 e. The van der Waals surface area contributed by atoms with Crippen LogP contribution >= 0.6 is 0 Å². The molecule has 106 valence electrons. The minimum Gasteiger partial charge on any atom is -0.497 e. The van der Waals surface area contributed by atoms with Crippen molar-refractivity contribution >= 4 is 11.6 Å². The Kier molecular flexibility index (Phi) is 5.63. The number of nitrogens with two attached hydrogens (primary N) is 1. The van der Waals surface area contributed by atoms with Crippen LogP contribution in [0, 0.1) is 5.92 Å². The van der Waals surface area contributed by atoms with E-state index in [4.69, 9.17) is 15.2 Å². The van der Waals surface area contributed by atoms with Gasteiger partial charge in [-0.25, -0.2) is 0 Å². The molecule has 0 aromatic heterocycles. The summed E-state index contributed by atoms with van der Waals surface area (Å²) in [6, 6.07) is 5.36. The Bertz CT molecular complexity index is 433. The van der Waals surface area contributed by atoms with Gasteiger partial charge in [0.25, 0.3) is 0 Å². The number of ether oxygens (including phenoxy) is 2. The zero-order valence-corrected chi connectivity index (χ0v) is 12.0. The van der Waals surface area contributed by atoms with E-state index in [1.807, 2.05) is 13.8 Å². The molecule has 0 unspecified atom stereocenters. The summed E-state index contributed by atoms with van der Waals surface area (Å²) >= 11 is 0. The zero-order valence-electron chi connectivity index (χ0n) is 12.0. The van der Waals surface area contributed by atoms with Crippen molar-refractivity contribution in [1.29, 1.82) is 0 Å². The van der Waals surface area contributed by atoms with Crippen LogP contribution in [0.3, 0.4) is 0 Å². The van der Waals surface area contributed by atoms with E-state index in [-0.39, 0.29) is 12.5 Å². The highest BCUT2D eigenvalue weighted by Crippen LogP contribution is 2.32. The first-order valence-electron chi connectivity index (χ1n) is 6.26. The monoisotopic (exact) mass is 266 g/mol. The minimum atomic E-state index is -0.139. The third-order valence-corrected chi connectivity index (χ3v) is 2.70. The first-order chi connectivity index (χ1) is 9.03. The molecule has 0 aliphatic rings. The highest BCUT2D eigenvalue weighted by molar-refractivity contribution is 5.96. The molecule has 5 nitrogen and oxygen atoms in total. The second kappa shape index (κ2) is 6.99. The van der Waals surface area contributed by atoms with Crippen LogP contribution in [0.4, 0.5) is 5.69 Å². The fourth-order valence-corrected chi connectivity index (χ4v) is 1.82. The van der Waals surface area contributed by atoms with E-state index in [2.05, 4.69) is 0 Å². The van der Waals surface area contributed by atoms with Crippen molar-refractivity contribution in [2.45, 2.75) is 13.8 Å². The Labute approximate surface area is 114 Å². The number of carbonyl (C=O) groups is 1. The smallest absolute Gasteiger partial charge is 0.240 e. The molecule has 0 fully saturated rings. The van der Waals surface area contributed by atoms with E-state index in [9.17, 15) is 4.79 Å². The summed E-state index contributed by atoms with van der Waals surface area (Å²) in [4.78, 5) is 13.7. The molecule has 1 rings (SSSR count). The number of hydrogen-bond acceptors (Lipinski definition) is 4. The molecule has 0 atom stereocenters. The molecule has 0 saturated carbocycles. The number of hydrogen-bond donors (Lipinski definition) is 1. The summed E-state index contributed by atoms with van der Waals surface area (Å²) in [7, 11) is 3.16. The average Bonchev–Trinajstić information content (AvgIpc) is 2.43. The van der Waals surface area contributed by atoms with Gasteiger partial charge in [0.1, 0.15) is 11.5 Å². The molecule has 5 heteroatoms. The number of rotatable bonds is 6. The van der Waals surface area contributed by atoms with Crippen molar-refractivity contribution in [1.82, 2.24) is 0 Å². The van der Waals surface area contributed by atoms with E-state index < -0.39 is 0 Å². The molecule has 19 heavy (non-hydrogen) atoms. The van der Waals surface area contributed by atoms with Crippen molar-refractivity contribution < 1.29 is 14.3 Å². The average molecular weight is 266 g/mol. The molecule has 1 aromatic carbocycles. The van der Waals surface area contributed by atoms with E-state index in [1.165, 1.54) is 0 Å². The lowest BCUT2D eigenvalue weighted by atomic mass is 10.1. The van der Waals surface area contributed by atoms with Crippen LogP contribution in [0.5, 0.6) is 11.5 Å². The molecule has 0 bridgehead atoms. The minimum absolute atomic E-state index is 0.0346. The molecule has 0 heterocycles. The Morgan fingerprint density at radius 2 is 2.00 bits per heavy atom. The van der Waals surface area contributed by atoms with Gasteiger partial charge in [0.05, 0.1) is 26.5 Å². The second-order valence-electron chi connectivity index (χ2n) is 4.64. The highest BCUT2D eigenvalue weighted by atomic mass is 16.5. The number of carbonyl (C=O) groups excluding carboxylic acids is 1. The van der Waals surface area contributed by atoms with Gasteiger partial charge in [0.15, 0.2) is 0 Å². The summed E-state index contributed by atoms with van der Waals surface area (Å²) in [6.45, 7) is 4.64. The van der Waals surface area contributed by atoms with Gasteiger partial charge in [-0.15, -0.1) is 0 Å². The second-order valence-corrected chi connectivity index (χ2v) is 4.64. The number of amides is 1. The van der Waals surface area contributed by atoms with E-state index in [0.717, 1.165) is 0 Å². The van der Waals surface area contributed by atoms with Crippen LogP contribution in [0.1, 0.15) is 13.8 Å². The van der Waals surface area contributed by atoms with Gasteiger partial charge in [0, 0.05) is 12.6 Å². The predicted molar refractivity (Wildman–Crippen MR) is 75.8 cm³/mol. The lowest BCUT2D eigenvalue weighted by Crippen LogP contribution is -2.38. The quantitative estimate of drug-likeness (QED) is 0.850. The fraction of sp³-hybridized carbons (Fsp3) is 0.500. The third kappa shape index (κ3) is 3.86. The van der Waals surface area contributed by atoms with Crippen molar-refractivity contribution in [2.75, 3.05) is 32.2 Å². The number of anilines is 1.